The van der Waals surface area contributed by atoms with Crippen molar-refractivity contribution in [2.24, 2.45) is 7.05 Å². The first-order valence-electron chi connectivity index (χ1n) is 9.55. The minimum Gasteiger partial charge on any atom is -0.384 e. The maximum absolute atomic E-state index is 13.1. The molecule has 0 radical (unpaired) electrons. The number of hydrogen-bond donors (Lipinski definition) is 1. The molecule has 3 aromatic rings. The highest BCUT2D eigenvalue weighted by Crippen LogP contribution is 2.23. The van der Waals surface area contributed by atoms with E-state index in [4.69, 9.17) is 17.3 Å². The SMILES string of the molecule is C=CCN(CC(=O)c1c(N)n(Cc2ccccc2)c(=O)n(C)c1=O)Cc1ccc(Cl)s1. The minimum atomic E-state index is -0.700. The van der Waals surface area contributed by atoms with E-state index in [1.54, 1.807) is 12.1 Å². The molecule has 0 amide bonds. The number of benzene rings is 1. The molecule has 0 bridgehead atoms. The van der Waals surface area contributed by atoms with Crippen molar-refractivity contribution in [3.05, 3.63) is 96.3 Å². The van der Waals surface area contributed by atoms with Crippen molar-refractivity contribution in [2.45, 2.75) is 13.1 Å². The number of aromatic nitrogens is 2. The van der Waals surface area contributed by atoms with Crippen molar-refractivity contribution in [3.8, 4) is 0 Å². The van der Waals surface area contributed by atoms with Crippen LogP contribution in [0.4, 0.5) is 5.82 Å². The van der Waals surface area contributed by atoms with Crippen molar-refractivity contribution < 1.29 is 4.79 Å². The molecule has 0 spiro atoms. The van der Waals surface area contributed by atoms with E-state index < -0.39 is 17.0 Å². The molecule has 31 heavy (non-hydrogen) atoms. The van der Waals surface area contributed by atoms with Crippen LogP contribution in [0.25, 0.3) is 0 Å². The monoisotopic (exact) mass is 458 g/mol. The van der Waals surface area contributed by atoms with E-state index in [9.17, 15) is 14.4 Å². The van der Waals surface area contributed by atoms with Crippen LogP contribution in [0.1, 0.15) is 20.8 Å². The molecule has 2 aromatic heterocycles. The number of carbonyl (C=O) groups excluding carboxylic acids is 1. The maximum atomic E-state index is 13.1. The Morgan fingerprint density at radius 2 is 1.94 bits per heavy atom. The number of anilines is 1. The molecule has 7 nitrogen and oxygen atoms in total. The van der Waals surface area contributed by atoms with E-state index in [1.165, 1.54) is 23.0 Å². The number of carbonyl (C=O) groups is 1. The van der Waals surface area contributed by atoms with Gasteiger partial charge in [0.15, 0.2) is 5.78 Å². The molecular weight excluding hydrogens is 436 g/mol. The fourth-order valence-corrected chi connectivity index (χ4v) is 4.40. The number of nitrogens with zero attached hydrogens (tertiary/aromatic N) is 3. The molecule has 2 N–H and O–H groups in total. The van der Waals surface area contributed by atoms with Crippen molar-refractivity contribution in [3.63, 3.8) is 0 Å². The third-order valence-corrected chi connectivity index (χ3v) is 6.02. The fraction of sp³-hybridized carbons (Fsp3) is 0.227. The fourth-order valence-electron chi connectivity index (χ4n) is 3.27. The maximum Gasteiger partial charge on any atom is 0.332 e. The van der Waals surface area contributed by atoms with Gasteiger partial charge in [-0.05, 0) is 17.7 Å². The molecule has 0 aliphatic heterocycles. The van der Waals surface area contributed by atoms with Crippen molar-refractivity contribution in [1.29, 1.82) is 0 Å². The van der Waals surface area contributed by atoms with Crippen LogP contribution in [-0.4, -0.2) is 32.9 Å². The molecule has 0 saturated carbocycles. The molecule has 0 unspecified atom stereocenters. The smallest absolute Gasteiger partial charge is 0.332 e. The number of thiophene rings is 1. The Kier molecular flexibility index (Phi) is 7.27. The molecule has 0 fully saturated rings. The Morgan fingerprint density at radius 3 is 2.55 bits per heavy atom. The minimum absolute atomic E-state index is 0.0511. The lowest BCUT2D eigenvalue weighted by molar-refractivity contribution is 0.0932. The molecule has 0 aliphatic carbocycles. The summed E-state index contributed by atoms with van der Waals surface area (Å²) in [6.07, 6.45) is 1.68. The Bertz CT molecular complexity index is 1210. The van der Waals surface area contributed by atoms with Crippen LogP contribution in [0.2, 0.25) is 4.34 Å². The third-order valence-electron chi connectivity index (χ3n) is 4.81. The molecule has 9 heteroatoms. The Labute approximate surface area is 188 Å². The second-order valence-corrected chi connectivity index (χ2v) is 8.87. The summed E-state index contributed by atoms with van der Waals surface area (Å²) < 4.78 is 2.83. The molecule has 1 aromatic carbocycles. The number of hydrogen-bond acceptors (Lipinski definition) is 6. The van der Waals surface area contributed by atoms with Crippen LogP contribution in [0.15, 0.2) is 64.7 Å². The number of Topliss-reactive ketones (excluding diaryl/α,β-unsaturated/α-hetero) is 1. The Balaban J connectivity index is 1.94. The first-order chi connectivity index (χ1) is 14.8. The predicted octanol–water partition coefficient (Wildman–Crippen LogP) is 2.76. The van der Waals surface area contributed by atoms with Crippen LogP contribution in [0.5, 0.6) is 0 Å². The van der Waals surface area contributed by atoms with Gasteiger partial charge in [-0.3, -0.25) is 23.6 Å². The summed E-state index contributed by atoms with van der Waals surface area (Å²) in [5, 5.41) is 0. The molecule has 2 heterocycles. The summed E-state index contributed by atoms with van der Waals surface area (Å²) in [6.45, 7) is 4.75. The lowest BCUT2D eigenvalue weighted by atomic mass is 10.1. The van der Waals surface area contributed by atoms with E-state index >= 15 is 0 Å². The number of nitrogen functional groups attached to an aromatic ring is 1. The largest absolute Gasteiger partial charge is 0.384 e. The molecule has 0 saturated heterocycles. The second-order valence-electron chi connectivity index (χ2n) is 7.07. The molecular formula is C22H23ClN4O3S. The second kappa shape index (κ2) is 9.91. The quantitative estimate of drug-likeness (QED) is 0.393. The van der Waals surface area contributed by atoms with E-state index in [2.05, 4.69) is 6.58 Å². The Hall–Kier alpha value is -2.94. The van der Waals surface area contributed by atoms with Gasteiger partial charge in [0.2, 0.25) is 0 Å². The van der Waals surface area contributed by atoms with Crippen LogP contribution < -0.4 is 17.0 Å². The number of halogens is 1. The van der Waals surface area contributed by atoms with Gasteiger partial charge in [-0.25, -0.2) is 4.79 Å². The molecule has 0 aliphatic rings. The zero-order valence-electron chi connectivity index (χ0n) is 17.1. The molecule has 162 valence electrons. The van der Waals surface area contributed by atoms with Gasteiger partial charge in [0, 0.05) is 25.0 Å². The average Bonchev–Trinajstić information content (AvgIpc) is 3.15. The molecule has 0 atom stereocenters. The summed E-state index contributed by atoms with van der Waals surface area (Å²) >= 11 is 7.42. The Morgan fingerprint density at radius 1 is 1.23 bits per heavy atom. The van der Waals surface area contributed by atoms with Gasteiger partial charge in [0.05, 0.1) is 17.4 Å². The van der Waals surface area contributed by atoms with Gasteiger partial charge in [-0.2, -0.15) is 0 Å². The summed E-state index contributed by atoms with van der Waals surface area (Å²) in [7, 11) is 1.34. The first-order valence-corrected chi connectivity index (χ1v) is 10.7. The van der Waals surface area contributed by atoms with Gasteiger partial charge in [0.1, 0.15) is 11.4 Å². The number of ketones is 1. The highest BCUT2D eigenvalue weighted by Gasteiger charge is 2.23. The standard InChI is InChI=1S/C22H23ClN4O3S/c1-3-11-26(13-16-9-10-18(23)31-16)14-17(28)19-20(24)27(22(30)25(2)21(19)29)12-15-7-5-4-6-8-15/h3-10H,1,11-14,24H2,2H3. The lowest BCUT2D eigenvalue weighted by Crippen LogP contribution is -2.44. The zero-order chi connectivity index (χ0) is 22.5. The normalized spacial score (nSPS) is 11.1. The van der Waals surface area contributed by atoms with E-state index in [0.717, 1.165) is 15.0 Å². The summed E-state index contributed by atoms with van der Waals surface area (Å²) in [4.78, 5) is 41.4. The highest BCUT2D eigenvalue weighted by molar-refractivity contribution is 7.16. The summed E-state index contributed by atoms with van der Waals surface area (Å²) in [5.41, 5.74) is 5.56. The zero-order valence-corrected chi connectivity index (χ0v) is 18.7. The lowest BCUT2D eigenvalue weighted by Gasteiger charge is -2.20. The van der Waals surface area contributed by atoms with Gasteiger partial charge < -0.3 is 5.73 Å². The first kappa shape index (κ1) is 22.7. The van der Waals surface area contributed by atoms with Crippen molar-refractivity contribution in [1.82, 2.24) is 14.0 Å². The third kappa shape index (κ3) is 5.22. The van der Waals surface area contributed by atoms with Crippen molar-refractivity contribution in [2.75, 3.05) is 18.8 Å². The number of nitrogens with two attached hydrogens (primary N) is 1. The van der Waals surface area contributed by atoms with Crippen LogP contribution in [-0.2, 0) is 20.1 Å². The van der Waals surface area contributed by atoms with Crippen LogP contribution >= 0.6 is 22.9 Å². The predicted molar refractivity (Wildman–Crippen MR) is 125 cm³/mol. The van der Waals surface area contributed by atoms with E-state index in [1.807, 2.05) is 41.3 Å². The van der Waals surface area contributed by atoms with Gasteiger partial charge in [-0.1, -0.05) is 48.0 Å². The molecule has 3 rings (SSSR count). The number of rotatable bonds is 9. The van der Waals surface area contributed by atoms with Gasteiger partial charge in [-0.15, -0.1) is 17.9 Å². The van der Waals surface area contributed by atoms with Gasteiger partial charge in [0.25, 0.3) is 5.56 Å². The summed E-state index contributed by atoms with van der Waals surface area (Å²) in [5.74, 6) is -0.580. The summed E-state index contributed by atoms with van der Waals surface area (Å²) in [6, 6.07) is 12.9. The van der Waals surface area contributed by atoms with Crippen LogP contribution in [0, 0.1) is 0 Å². The highest BCUT2D eigenvalue weighted by atomic mass is 35.5. The topological polar surface area (TPSA) is 90.3 Å². The van der Waals surface area contributed by atoms with E-state index in [0.29, 0.717) is 17.4 Å². The van der Waals surface area contributed by atoms with Crippen LogP contribution in [0.3, 0.4) is 0 Å². The average molecular weight is 459 g/mol. The van der Waals surface area contributed by atoms with Crippen molar-refractivity contribution >= 4 is 34.5 Å². The van der Waals surface area contributed by atoms with E-state index in [-0.39, 0.29) is 24.5 Å². The van der Waals surface area contributed by atoms with Gasteiger partial charge >= 0.3 is 5.69 Å².